The van der Waals surface area contributed by atoms with Gasteiger partial charge in [-0.05, 0) is 36.5 Å². The number of halogens is 4. The minimum Gasteiger partial charge on any atom is -0.474 e. The number of amides is 2. The first-order valence-corrected chi connectivity index (χ1v) is 12.0. The number of piperazine rings is 1. The van der Waals surface area contributed by atoms with Gasteiger partial charge in [0.15, 0.2) is 11.0 Å². The molecular formula is C22H21Cl2F2N5O4S. The van der Waals surface area contributed by atoms with Gasteiger partial charge < -0.3 is 24.6 Å². The summed E-state index contributed by atoms with van der Waals surface area (Å²) in [4.78, 5) is 33.3. The minimum atomic E-state index is -0.840. The van der Waals surface area contributed by atoms with E-state index in [-0.39, 0.29) is 42.1 Å². The van der Waals surface area contributed by atoms with Crippen LogP contribution >= 0.6 is 35.4 Å². The Kier molecular flexibility index (Phi) is 7.96. The van der Waals surface area contributed by atoms with Crippen molar-refractivity contribution < 1.29 is 27.8 Å². The summed E-state index contributed by atoms with van der Waals surface area (Å²) in [6, 6.07) is 5.44. The van der Waals surface area contributed by atoms with Crippen LogP contribution in [0.15, 0.2) is 24.3 Å². The fourth-order valence-corrected chi connectivity index (χ4v) is 4.43. The first-order chi connectivity index (χ1) is 17.2. The predicted octanol–water partition coefficient (Wildman–Crippen LogP) is 3.48. The number of nitrogens with one attached hydrogen (secondary N) is 1. The summed E-state index contributed by atoms with van der Waals surface area (Å²) in [5.41, 5.74) is 0.607. The number of carbonyl (C=O) groups is 2. The van der Waals surface area contributed by atoms with Crippen molar-refractivity contribution >= 4 is 64.0 Å². The number of pyridine rings is 1. The SMILES string of the molecule is COC(=S)NC[C@H]1CN(c2ccc(N3CCN(C(=O)c4cc(F)c(Cl)nc4Cl)CC3)c(F)c2)C(=O)O1. The summed E-state index contributed by atoms with van der Waals surface area (Å²) in [6.07, 6.45) is -1.06. The highest BCUT2D eigenvalue weighted by atomic mass is 35.5. The van der Waals surface area contributed by atoms with Crippen LogP contribution in [0.25, 0.3) is 0 Å². The zero-order chi connectivity index (χ0) is 26.0. The van der Waals surface area contributed by atoms with Crippen LogP contribution in [0, 0.1) is 11.6 Å². The number of anilines is 2. The lowest BCUT2D eigenvalue weighted by Gasteiger charge is -2.36. The van der Waals surface area contributed by atoms with Gasteiger partial charge in [0.25, 0.3) is 11.1 Å². The molecule has 3 heterocycles. The third kappa shape index (κ3) is 5.55. The van der Waals surface area contributed by atoms with Crippen LogP contribution in [0.5, 0.6) is 0 Å². The number of thiocarbonyl (C=S) groups is 1. The quantitative estimate of drug-likeness (QED) is 0.440. The second-order valence-corrected chi connectivity index (χ2v) is 9.09. The van der Waals surface area contributed by atoms with Crippen molar-refractivity contribution in [1.82, 2.24) is 15.2 Å². The van der Waals surface area contributed by atoms with Crippen LogP contribution in [-0.4, -0.2) is 79.5 Å². The Labute approximate surface area is 220 Å². The highest BCUT2D eigenvalue weighted by Crippen LogP contribution is 2.29. The molecule has 0 bridgehead atoms. The largest absolute Gasteiger partial charge is 0.474 e. The lowest BCUT2D eigenvalue weighted by atomic mass is 10.2. The molecule has 2 saturated heterocycles. The van der Waals surface area contributed by atoms with Crippen molar-refractivity contribution in [3.63, 3.8) is 0 Å². The van der Waals surface area contributed by atoms with E-state index in [0.29, 0.717) is 24.5 Å². The third-order valence-corrected chi connectivity index (χ3v) is 6.67. The van der Waals surface area contributed by atoms with Crippen LogP contribution in [0.3, 0.4) is 0 Å². The lowest BCUT2D eigenvalue weighted by Crippen LogP contribution is -2.49. The molecule has 0 radical (unpaired) electrons. The smallest absolute Gasteiger partial charge is 0.414 e. The number of nitrogens with zero attached hydrogens (tertiary/aromatic N) is 4. The summed E-state index contributed by atoms with van der Waals surface area (Å²) in [6.45, 7) is 1.68. The van der Waals surface area contributed by atoms with Gasteiger partial charge in [0.05, 0.1) is 37.1 Å². The van der Waals surface area contributed by atoms with Gasteiger partial charge in [-0.25, -0.2) is 18.6 Å². The molecule has 1 aromatic carbocycles. The van der Waals surface area contributed by atoms with E-state index < -0.39 is 34.9 Å². The van der Waals surface area contributed by atoms with Crippen molar-refractivity contribution in [3.05, 3.63) is 51.8 Å². The second kappa shape index (κ2) is 11.0. The fraction of sp³-hybridized carbons (Fsp3) is 0.364. The number of benzene rings is 1. The number of ether oxygens (including phenoxy) is 2. The molecule has 1 atom stereocenters. The molecule has 192 valence electrons. The molecule has 2 aromatic rings. The Balaban J connectivity index is 1.38. The van der Waals surface area contributed by atoms with E-state index in [0.717, 1.165) is 6.07 Å². The summed E-state index contributed by atoms with van der Waals surface area (Å²) < 4.78 is 39.0. The Morgan fingerprint density at radius 1 is 1.19 bits per heavy atom. The minimum absolute atomic E-state index is 0.0856. The van der Waals surface area contributed by atoms with Crippen molar-refractivity contribution in [2.45, 2.75) is 6.10 Å². The zero-order valence-electron chi connectivity index (χ0n) is 19.0. The molecule has 2 aliphatic rings. The van der Waals surface area contributed by atoms with Crippen LogP contribution in [0.1, 0.15) is 10.4 Å². The number of hydrogen-bond acceptors (Lipinski definition) is 7. The van der Waals surface area contributed by atoms with E-state index in [1.807, 2.05) is 0 Å². The number of cyclic esters (lactones) is 1. The molecule has 36 heavy (non-hydrogen) atoms. The summed E-state index contributed by atoms with van der Waals surface area (Å²) >= 11 is 16.5. The molecule has 0 unspecified atom stereocenters. The second-order valence-electron chi connectivity index (χ2n) is 8.00. The monoisotopic (exact) mass is 559 g/mol. The van der Waals surface area contributed by atoms with Gasteiger partial charge in [-0.1, -0.05) is 23.2 Å². The van der Waals surface area contributed by atoms with E-state index in [1.54, 1.807) is 17.0 Å². The maximum atomic E-state index is 15.0. The summed E-state index contributed by atoms with van der Waals surface area (Å²) in [5.74, 6) is -1.84. The van der Waals surface area contributed by atoms with Gasteiger partial charge in [0.2, 0.25) is 0 Å². The number of hydrogen-bond donors (Lipinski definition) is 1. The highest BCUT2D eigenvalue weighted by molar-refractivity contribution is 7.80. The Morgan fingerprint density at radius 2 is 1.92 bits per heavy atom. The van der Waals surface area contributed by atoms with Gasteiger partial charge in [-0.15, -0.1) is 0 Å². The van der Waals surface area contributed by atoms with E-state index in [2.05, 4.69) is 10.3 Å². The average Bonchev–Trinajstić information content (AvgIpc) is 3.24. The van der Waals surface area contributed by atoms with E-state index in [9.17, 15) is 14.0 Å². The molecule has 2 aliphatic heterocycles. The molecule has 0 aliphatic carbocycles. The molecule has 1 aromatic heterocycles. The predicted molar refractivity (Wildman–Crippen MR) is 134 cm³/mol. The number of rotatable bonds is 5. The summed E-state index contributed by atoms with van der Waals surface area (Å²) in [5, 5.41) is 2.41. The van der Waals surface area contributed by atoms with E-state index >= 15 is 4.39 Å². The molecule has 0 saturated carbocycles. The van der Waals surface area contributed by atoms with Crippen molar-refractivity contribution in [2.75, 3.05) is 56.2 Å². The molecule has 0 spiro atoms. The highest BCUT2D eigenvalue weighted by Gasteiger charge is 2.33. The van der Waals surface area contributed by atoms with Crippen molar-refractivity contribution in [1.29, 1.82) is 0 Å². The van der Waals surface area contributed by atoms with Gasteiger partial charge in [0, 0.05) is 26.2 Å². The normalized spacial score (nSPS) is 17.8. The lowest BCUT2D eigenvalue weighted by molar-refractivity contribution is 0.0746. The molecule has 2 fully saturated rings. The molecule has 14 heteroatoms. The molecule has 9 nitrogen and oxygen atoms in total. The fourth-order valence-electron chi connectivity index (χ4n) is 3.94. The van der Waals surface area contributed by atoms with E-state index in [1.165, 1.54) is 23.0 Å². The Morgan fingerprint density at radius 3 is 2.58 bits per heavy atom. The Hall–Kier alpha value is -2.96. The standard InChI is InChI=1S/C22H21Cl2F2N5O4S/c1-34-21(36)27-10-13-11-31(22(33)35-13)12-2-3-17(15(25)8-12)29-4-6-30(7-5-29)20(32)14-9-16(26)19(24)28-18(14)23/h2-3,8-9,13H,4-7,10-11H2,1H3,(H,27,36)/t13-/m0/s1. The molecule has 1 N–H and O–H groups in total. The third-order valence-electron chi connectivity index (χ3n) is 5.80. The maximum absolute atomic E-state index is 15.0. The molecule has 2 amide bonds. The van der Waals surface area contributed by atoms with Crippen LogP contribution in [0.2, 0.25) is 10.3 Å². The van der Waals surface area contributed by atoms with Crippen LogP contribution in [0.4, 0.5) is 25.0 Å². The molecular weight excluding hydrogens is 539 g/mol. The molecule has 4 rings (SSSR count). The van der Waals surface area contributed by atoms with Gasteiger partial charge >= 0.3 is 6.09 Å². The van der Waals surface area contributed by atoms with Crippen molar-refractivity contribution in [3.8, 4) is 0 Å². The van der Waals surface area contributed by atoms with Gasteiger partial charge in [0.1, 0.15) is 17.1 Å². The Bertz CT molecular complexity index is 1200. The first-order valence-electron chi connectivity index (χ1n) is 10.8. The van der Waals surface area contributed by atoms with Crippen molar-refractivity contribution in [2.24, 2.45) is 0 Å². The zero-order valence-corrected chi connectivity index (χ0v) is 21.3. The summed E-state index contributed by atoms with van der Waals surface area (Å²) in [7, 11) is 1.43. The number of aromatic nitrogens is 1. The number of methoxy groups -OCH3 is 1. The van der Waals surface area contributed by atoms with Crippen LogP contribution < -0.4 is 15.1 Å². The first kappa shape index (κ1) is 26.1. The van der Waals surface area contributed by atoms with Crippen LogP contribution in [-0.2, 0) is 9.47 Å². The van der Waals surface area contributed by atoms with Gasteiger partial charge in [-0.3, -0.25) is 9.69 Å². The average molecular weight is 560 g/mol. The number of carbonyl (C=O) groups excluding carboxylic acids is 2. The van der Waals surface area contributed by atoms with Gasteiger partial charge in [-0.2, -0.15) is 0 Å². The van der Waals surface area contributed by atoms with E-state index in [4.69, 9.17) is 44.9 Å². The maximum Gasteiger partial charge on any atom is 0.414 e. The topological polar surface area (TPSA) is 87.2 Å².